The number of carbonyl (C=O) groups is 2. The molecule has 3 aromatic carbocycles. The van der Waals surface area contributed by atoms with Crippen molar-refractivity contribution in [2.75, 3.05) is 16.8 Å². The van der Waals surface area contributed by atoms with Crippen molar-refractivity contribution < 1.29 is 14.3 Å². The molecule has 0 radical (unpaired) electrons. The highest BCUT2D eigenvalue weighted by Gasteiger charge is 2.41. The molecule has 0 saturated carbocycles. The van der Waals surface area contributed by atoms with Crippen LogP contribution >= 0.6 is 23.4 Å². The van der Waals surface area contributed by atoms with Crippen LogP contribution in [-0.4, -0.2) is 23.7 Å². The largest absolute Gasteiger partial charge is 0.494 e. The van der Waals surface area contributed by atoms with Crippen molar-refractivity contribution in [2.45, 2.75) is 25.5 Å². The number of halogens is 1. The lowest BCUT2D eigenvalue weighted by Gasteiger charge is -2.19. The van der Waals surface area contributed by atoms with E-state index in [0.29, 0.717) is 35.2 Å². The van der Waals surface area contributed by atoms with Crippen molar-refractivity contribution in [1.82, 2.24) is 0 Å². The summed E-state index contributed by atoms with van der Waals surface area (Å²) >= 11 is 7.55. The summed E-state index contributed by atoms with van der Waals surface area (Å²) in [5.41, 5.74) is 2.70. The molecule has 6 nitrogen and oxygen atoms in total. The van der Waals surface area contributed by atoms with Gasteiger partial charge in [0.1, 0.15) is 22.4 Å². The Morgan fingerprint density at radius 2 is 1.81 bits per heavy atom. The zero-order valence-electron chi connectivity index (χ0n) is 19.8. The summed E-state index contributed by atoms with van der Waals surface area (Å²) in [6.45, 7) is 4.27. The van der Waals surface area contributed by atoms with E-state index in [9.17, 15) is 14.9 Å². The highest BCUT2D eigenvalue weighted by Crippen LogP contribution is 2.43. The topological polar surface area (TPSA) is 82.4 Å². The Balaban J connectivity index is 1.74. The molecule has 1 aliphatic heterocycles. The number of amides is 2. The zero-order chi connectivity index (χ0) is 25.7. The average Bonchev–Trinajstić information content (AvgIpc) is 3.18. The second-order valence-electron chi connectivity index (χ2n) is 8.06. The van der Waals surface area contributed by atoms with Crippen LogP contribution in [0.25, 0.3) is 0 Å². The smallest absolute Gasteiger partial charge is 0.269 e. The molecule has 4 rings (SSSR count). The zero-order valence-corrected chi connectivity index (χ0v) is 21.4. The Hall–Kier alpha value is -3.73. The van der Waals surface area contributed by atoms with Crippen LogP contribution in [0.5, 0.6) is 5.75 Å². The van der Waals surface area contributed by atoms with Crippen LogP contribution in [0.3, 0.4) is 0 Å². The van der Waals surface area contributed by atoms with Crippen molar-refractivity contribution in [3.05, 3.63) is 99.5 Å². The van der Waals surface area contributed by atoms with Crippen LogP contribution in [0.4, 0.5) is 11.4 Å². The fraction of sp³-hybridized carbons (Fsp3) is 0.179. The van der Waals surface area contributed by atoms with Crippen LogP contribution in [0, 0.1) is 18.3 Å². The van der Waals surface area contributed by atoms with E-state index in [1.807, 2.05) is 56.3 Å². The van der Waals surface area contributed by atoms with E-state index in [1.54, 1.807) is 36.4 Å². The first-order chi connectivity index (χ1) is 17.4. The number of ether oxygens (including phenoxy) is 1. The number of hydrogen-bond donors (Lipinski definition) is 1. The fourth-order valence-electron chi connectivity index (χ4n) is 3.84. The Morgan fingerprint density at radius 1 is 1.11 bits per heavy atom. The maximum atomic E-state index is 13.7. The van der Waals surface area contributed by atoms with E-state index in [2.05, 4.69) is 5.32 Å². The molecular formula is C28H24ClN3O3S. The first-order valence-electron chi connectivity index (χ1n) is 11.4. The van der Waals surface area contributed by atoms with Crippen molar-refractivity contribution >= 4 is 46.6 Å². The molecule has 0 aromatic heterocycles. The van der Waals surface area contributed by atoms with Gasteiger partial charge in [-0.25, -0.2) is 0 Å². The Morgan fingerprint density at radius 3 is 2.47 bits per heavy atom. The summed E-state index contributed by atoms with van der Waals surface area (Å²) in [5.74, 6) is -0.136. The van der Waals surface area contributed by atoms with Crippen molar-refractivity contribution in [2.24, 2.45) is 0 Å². The summed E-state index contributed by atoms with van der Waals surface area (Å²) in [6, 6.07) is 23.7. The van der Waals surface area contributed by atoms with E-state index in [-0.39, 0.29) is 16.5 Å². The third-order valence-corrected chi connectivity index (χ3v) is 7.30. The minimum atomic E-state index is -0.573. The highest BCUT2D eigenvalue weighted by atomic mass is 35.5. The van der Waals surface area contributed by atoms with Gasteiger partial charge in [-0.1, -0.05) is 59.8 Å². The molecule has 0 spiro atoms. The summed E-state index contributed by atoms with van der Waals surface area (Å²) in [7, 11) is 0. The van der Waals surface area contributed by atoms with Crippen LogP contribution in [0.2, 0.25) is 5.02 Å². The van der Waals surface area contributed by atoms with Crippen LogP contribution in [-0.2, 0) is 16.0 Å². The molecule has 1 heterocycles. The third kappa shape index (κ3) is 5.40. The van der Waals surface area contributed by atoms with Gasteiger partial charge in [-0.3, -0.25) is 14.5 Å². The standard InChI is InChI=1S/C28H24ClN3O3S/c1-3-35-21-14-12-20(13-15-21)32-27(34)25(16-19-9-5-6-10-23(19)29)36-28(32)22(17-30)26(33)31-24-11-7-4-8-18(24)2/h4-15,25H,3,16H2,1-2H3,(H,31,33)/b28-22-. The molecule has 0 aliphatic carbocycles. The number of para-hydroxylation sites is 1. The molecule has 2 amide bonds. The van der Waals surface area contributed by atoms with Gasteiger partial charge in [0.15, 0.2) is 0 Å². The van der Waals surface area contributed by atoms with Crippen molar-refractivity contribution in [1.29, 1.82) is 5.26 Å². The fourth-order valence-corrected chi connectivity index (χ4v) is 5.35. The molecule has 1 saturated heterocycles. The Kier molecular flexibility index (Phi) is 7.99. The monoisotopic (exact) mass is 517 g/mol. The van der Waals surface area contributed by atoms with Crippen molar-refractivity contribution in [3.63, 3.8) is 0 Å². The summed E-state index contributed by atoms with van der Waals surface area (Å²) in [4.78, 5) is 28.3. The number of rotatable bonds is 7. The third-order valence-electron chi connectivity index (χ3n) is 5.67. The molecule has 1 fully saturated rings. The Labute approximate surface area is 219 Å². The second-order valence-corrected chi connectivity index (χ2v) is 9.66. The minimum Gasteiger partial charge on any atom is -0.494 e. The lowest BCUT2D eigenvalue weighted by Crippen LogP contribution is -2.31. The molecule has 1 unspecified atom stereocenters. The number of benzene rings is 3. The Bertz CT molecular complexity index is 1360. The quantitative estimate of drug-likeness (QED) is 0.302. The number of thioether (sulfide) groups is 1. The van der Waals surface area contributed by atoms with Gasteiger partial charge in [0.2, 0.25) is 5.91 Å². The van der Waals surface area contributed by atoms with Crippen LogP contribution < -0.4 is 15.0 Å². The van der Waals surface area contributed by atoms with Crippen molar-refractivity contribution in [3.8, 4) is 11.8 Å². The predicted molar refractivity (Wildman–Crippen MR) is 144 cm³/mol. The van der Waals surface area contributed by atoms with E-state index < -0.39 is 11.2 Å². The number of aryl methyl sites for hydroxylation is 1. The lowest BCUT2D eigenvalue weighted by molar-refractivity contribution is -0.117. The predicted octanol–water partition coefficient (Wildman–Crippen LogP) is 6.11. The van der Waals surface area contributed by atoms with E-state index in [0.717, 1.165) is 11.1 Å². The minimum absolute atomic E-state index is 0.132. The highest BCUT2D eigenvalue weighted by molar-refractivity contribution is 8.05. The second kappa shape index (κ2) is 11.3. The average molecular weight is 518 g/mol. The molecule has 1 aliphatic rings. The molecule has 8 heteroatoms. The first kappa shape index (κ1) is 25.4. The summed E-state index contributed by atoms with van der Waals surface area (Å²) in [6.07, 6.45) is 0.359. The molecule has 36 heavy (non-hydrogen) atoms. The number of nitrogens with zero attached hydrogens (tertiary/aromatic N) is 2. The van der Waals surface area contributed by atoms with Gasteiger partial charge in [-0.05, 0) is 67.8 Å². The summed E-state index contributed by atoms with van der Waals surface area (Å²) in [5, 5.41) is 13.1. The molecular weight excluding hydrogens is 494 g/mol. The van der Waals surface area contributed by atoms with E-state index >= 15 is 0 Å². The number of nitriles is 1. The van der Waals surface area contributed by atoms with E-state index in [4.69, 9.17) is 16.3 Å². The van der Waals surface area contributed by atoms with Gasteiger partial charge in [0, 0.05) is 16.4 Å². The first-order valence-corrected chi connectivity index (χ1v) is 12.7. The molecule has 182 valence electrons. The van der Waals surface area contributed by atoms with Gasteiger partial charge >= 0.3 is 0 Å². The normalized spacial score (nSPS) is 16.4. The maximum Gasteiger partial charge on any atom is 0.269 e. The number of hydrogen-bond acceptors (Lipinski definition) is 5. The number of nitrogens with one attached hydrogen (secondary N) is 1. The van der Waals surface area contributed by atoms with E-state index in [1.165, 1.54) is 16.7 Å². The van der Waals surface area contributed by atoms with Crippen LogP contribution in [0.15, 0.2) is 83.4 Å². The number of carbonyl (C=O) groups excluding carboxylic acids is 2. The van der Waals surface area contributed by atoms with Gasteiger partial charge in [-0.2, -0.15) is 5.26 Å². The molecule has 1 atom stereocenters. The SMILES string of the molecule is CCOc1ccc(N2C(=O)C(Cc3ccccc3Cl)S/C2=C(/C#N)C(=O)Nc2ccccc2C)cc1. The van der Waals surface area contributed by atoms with Gasteiger partial charge in [0.25, 0.3) is 5.91 Å². The molecule has 0 bridgehead atoms. The molecule has 3 aromatic rings. The molecule has 1 N–H and O–H groups in total. The van der Waals surface area contributed by atoms with Gasteiger partial charge in [-0.15, -0.1) is 0 Å². The summed E-state index contributed by atoms with van der Waals surface area (Å²) < 4.78 is 5.52. The lowest BCUT2D eigenvalue weighted by atomic mass is 10.1. The van der Waals surface area contributed by atoms with Gasteiger partial charge in [0.05, 0.1) is 11.9 Å². The van der Waals surface area contributed by atoms with Gasteiger partial charge < -0.3 is 10.1 Å². The number of anilines is 2. The maximum absolute atomic E-state index is 13.7. The van der Waals surface area contributed by atoms with Crippen LogP contribution in [0.1, 0.15) is 18.1 Å².